The van der Waals surface area contributed by atoms with Gasteiger partial charge < -0.3 is 18.4 Å². The van der Waals surface area contributed by atoms with Gasteiger partial charge in [-0.25, -0.2) is 4.79 Å². The van der Waals surface area contributed by atoms with E-state index in [1.54, 1.807) is 27.7 Å². The molecule has 12 heteroatoms. The molecule has 2 rings (SSSR count). The molecule has 0 spiro atoms. The minimum Gasteiger partial charge on any atom is -0.488 e. The van der Waals surface area contributed by atoms with Crippen LogP contribution < -0.4 is 8.92 Å². The van der Waals surface area contributed by atoms with Gasteiger partial charge in [0.2, 0.25) is 5.75 Å². The Morgan fingerprint density at radius 3 is 2.27 bits per heavy atom. The van der Waals surface area contributed by atoms with Crippen LogP contribution in [-0.2, 0) is 24.4 Å². The largest absolute Gasteiger partial charge is 0.488 e. The summed E-state index contributed by atoms with van der Waals surface area (Å²) in [4.78, 5) is 35.6. The quantitative estimate of drug-likeness (QED) is 0.277. The van der Waals surface area contributed by atoms with Gasteiger partial charge in [-0.2, -0.15) is 8.42 Å². The molecule has 1 aliphatic rings. The van der Waals surface area contributed by atoms with Crippen LogP contribution in [0.4, 0.5) is 5.69 Å². The number of nitro groups is 1. The predicted molar refractivity (Wildman–Crippen MR) is 103 cm³/mol. The number of ketones is 1. The standard InChI is InChI=1S/C18H21NO10S/c1-17(2)12(20)9-13(18(3,4)29-17)27-16(21)10-7-8-11(28-30(6,24)25)15(26-5)14(10)19(22)23/h7-9H,1-6H3. The van der Waals surface area contributed by atoms with Crippen LogP contribution >= 0.6 is 0 Å². The number of methoxy groups -OCH3 is 1. The Morgan fingerprint density at radius 1 is 1.17 bits per heavy atom. The van der Waals surface area contributed by atoms with E-state index in [0.717, 1.165) is 31.6 Å². The number of rotatable bonds is 6. The molecule has 0 radical (unpaired) electrons. The van der Waals surface area contributed by atoms with Gasteiger partial charge in [0.15, 0.2) is 11.5 Å². The molecule has 0 saturated heterocycles. The van der Waals surface area contributed by atoms with Crippen LogP contribution in [0, 0.1) is 10.1 Å². The maximum absolute atomic E-state index is 12.7. The Morgan fingerprint density at radius 2 is 1.77 bits per heavy atom. The zero-order valence-corrected chi connectivity index (χ0v) is 18.0. The highest BCUT2D eigenvalue weighted by atomic mass is 32.2. The van der Waals surface area contributed by atoms with E-state index >= 15 is 0 Å². The van der Waals surface area contributed by atoms with Gasteiger partial charge in [0.1, 0.15) is 22.5 Å². The molecular formula is C18H21NO10S. The Bertz CT molecular complexity index is 1050. The van der Waals surface area contributed by atoms with Gasteiger partial charge in [-0.3, -0.25) is 14.9 Å². The van der Waals surface area contributed by atoms with E-state index < -0.39 is 60.7 Å². The molecule has 0 bridgehead atoms. The van der Waals surface area contributed by atoms with Gasteiger partial charge in [-0.15, -0.1) is 0 Å². The fraction of sp³-hybridized carbons (Fsp3) is 0.444. The smallest absolute Gasteiger partial charge is 0.350 e. The topological polar surface area (TPSA) is 148 Å². The van der Waals surface area contributed by atoms with Gasteiger partial charge in [-0.05, 0) is 39.8 Å². The molecule has 1 heterocycles. The van der Waals surface area contributed by atoms with Crippen LogP contribution in [0.5, 0.6) is 11.5 Å². The lowest BCUT2D eigenvalue weighted by molar-refractivity contribution is -0.386. The molecule has 0 N–H and O–H groups in total. The van der Waals surface area contributed by atoms with Crippen molar-refractivity contribution in [2.45, 2.75) is 38.9 Å². The summed E-state index contributed by atoms with van der Waals surface area (Å²) >= 11 is 0. The minimum atomic E-state index is -4.02. The lowest BCUT2D eigenvalue weighted by atomic mass is 9.92. The molecule has 0 atom stereocenters. The third-order valence-corrected chi connectivity index (χ3v) is 4.59. The summed E-state index contributed by atoms with van der Waals surface area (Å²) in [6.45, 7) is 6.25. The van der Waals surface area contributed by atoms with Gasteiger partial charge in [-0.1, -0.05) is 0 Å². The zero-order chi connectivity index (χ0) is 23.1. The number of hydrogen-bond acceptors (Lipinski definition) is 10. The summed E-state index contributed by atoms with van der Waals surface area (Å²) in [6, 6.07) is 1.99. The van der Waals surface area contributed by atoms with Crippen molar-refractivity contribution in [1.82, 2.24) is 0 Å². The maximum atomic E-state index is 12.7. The highest BCUT2D eigenvalue weighted by Gasteiger charge is 2.44. The SMILES string of the molecule is COc1c(OS(C)(=O)=O)ccc(C(=O)OC2=CC(=O)C(C)(C)OC2(C)C)c1[N+](=O)[O-]. The van der Waals surface area contributed by atoms with Gasteiger partial charge in [0, 0.05) is 6.08 Å². The Hall–Kier alpha value is -2.99. The lowest BCUT2D eigenvalue weighted by Gasteiger charge is -2.39. The number of ether oxygens (including phenoxy) is 3. The van der Waals surface area contributed by atoms with Crippen molar-refractivity contribution in [3.63, 3.8) is 0 Å². The summed E-state index contributed by atoms with van der Waals surface area (Å²) in [6.07, 6.45) is 1.85. The number of hydrogen-bond donors (Lipinski definition) is 0. The van der Waals surface area contributed by atoms with E-state index in [4.69, 9.17) is 14.2 Å². The zero-order valence-electron chi connectivity index (χ0n) is 17.2. The average molecular weight is 443 g/mol. The van der Waals surface area contributed by atoms with E-state index in [-0.39, 0.29) is 5.76 Å². The molecule has 1 aliphatic heterocycles. The molecule has 0 amide bonds. The van der Waals surface area contributed by atoms with Crippen LogP contribution in [0.3, 0.4) is 0 Å². The highest BCUT2D eigenvalue weighted by Crippen LogP contribution is 2.41. The summed E-state index contributed by atoms with van der Waals surface area (Å²) in [7, 11) is -2.97. The Labute approximate surface area is 172 Å². The van der Waals surface area contributed by atoms with Gasteiger partial charge in [0.05, 0.1) is 18.3 Å². The van der Waals surface area contributed by atoms with Crippen molar-refractivity contribution >= 4 is 27.6 Å². The molecule has 0 fully saturated rings. The van der Waals surface area contributed by atoms with Crippen molar-refractivity contribution in [2.75, 3.05) is 13.4 Å². The van der Waals surface area contributed by atoms with E-state index in [1.165, 1.54) is 0 Å². The van der Waals surface area contributed by atoms with Crippen molar-refractivity contribution in [2.24, 2.45) is 0 Å². The number of nitrogens with zero attached hydrogens (tertiary/aromatic N) is 1. The van der Waals surface area contributed by atoms with Crippen LogP contribution in [0.2, 0.25) is 0 Å². The number of benzene rings is 1. The fourth-order valence-corrected chi connectivity index (χ4v) is 3.29. The van der Waals surface area contributed by atoms with E-state index in [9.17, 15) is 28.1 Å². The monoisotopic (exact) mass is 443 g/mol. The van der Waals surface area contributed by atoms with Gasteiger partial charge >= 0.3 is 21.8 Å². The first-order valence-corrected chi connectivity index (χ1v) is 10.3. The Balaban J connectivity index is 2.52. The predicted octanol–water partition coefficient (Wildman–Crippen LogP) is 2.14. The van der Waals surface area contributed by atoms with Crippen LogP contribution in [0.1, 0.15) is 38.1 Å². The molecule has 0 aromatic heterocycles. The molecular weight excluding hydrogens is 422 g/mol. The Kier molecular flexibility index (Phi) is 5.97. The molecule has 1 aromatic rings. The first kappa shape index (κ1) is 23.3. The first-order chi connectivity index (χ1) is 13.6. The first-order valence-electron chi connectivity index (χ1n) is 8.53. The summed E-state index contributed by atoms with van der Waals surface area (Å²) in [5.41, 5.74) is -3.71. The van der Waals surface area contributed by atoms with Crippen LogP contribution in [0.25, 0.3) is 0 Å². The molecule has 0 aliphatic carbocycles. The second-order valence-corrected chi connectivity index (χ2v) is 9.00. The van der Waals surface area contributed by atoms with Crippen molar-refractivity contribution < 1.29 is 41.3 Å². The van der Waals surface area contributed by atoms with E-state index in [0.29, 0.717) is 0 Å². The van der Waals surface area contributed by atoms with Gasteiger partial charge in [0.25, 0.3) is 0 Å². The molecule has 164 valence electrons. The molecule has 1 aromatic carbocycles. The molecule has 11 nitrogen and oxygen atoms in total. The number of carbonyl (C=O) groups is 2. The summed E-state index contributed by atoms with van der Waals surface area (Å²) in [5.74, 6) is -2.80. The van der Waals surface area contributed by atoms with Crippen molar-refractivity contribution in [3.8, 4) is 11.5 Å². The van der Waals surface area contributed by atoms with Crippen molar-refractivity contribution in [1.29, 1.82) is 0 Å². The second kappa shape index (κ2) is 7.69. The third kappa shape index (κ3) is 4.76. The molecule has 0 saturated carbocycles. The normalized spacial score (nSPS) is 17.7. The molecule has 0 unspecified atom stereocenters. The maximum Gasteiger partial charge on any atom is 0.350 e. The second-order valence-electron chi connectivity index (χ2n) is 7.42. The minimum absolute atomic E-state index is 0.137. The number of esters is 1. The van der Waals surface area contributed by atoms with E-state index in [2.05, 4.69) is 4.18 Å². The number of carbonyl (C=O) groups excluding carboxylic acids is 2. The average Bonchev–Trinajstić information content (AvgIpc) is 2.56. The summed E-state index contributed by atoms with van der Waals surface area (Å²) in [5, 5.41) is 11.6. The van der Waals surface area contributed by atoms with E-state index in [1.807, 2.05) is 0 Å². The molecule has 30 heavy (non-hydrogen) atoms. The summed E-state index contributed by atoms with van der Waals surface area (Å²) < 4.78 is 43.3. The van der Waals surface area contributed by atoms with Crippen LogP contribution in [-0.4, -0.2) is 49.7 Å². The fourth-order valence-electron chi connectivity index (χ4n) is 2.84. The van der Waals surface area contributed by atoms with Crippen LogP contribution in [0.15, 0.2) is 24.0 Å². The van der Waals surface area contributed by atoms with Crippen molar-refractivity contribution in [3.05, 3.63) is 39.6 Å². The highest BCUT2D eigenvalue weighted by molar-refractivity contribution is 7.86. The lowest BCUT2D eigenvalue weighted by Crippen LogP contribution is -2.48. The third-order valence-electron chi connectivity index (χ3n) is 4.11. The number of nitro benzene ring substituents is 1.